The Balaban J connectivity index is 2.95. The van der Waals surface area contributed by atoms with Gasteiger partial charge in [0.25, 0.3) is 0 Å². The van der Waals surface area contributed by atoms with Gasteiger partial charge >= 0.3 is 5.97 Å². The van der Waals surface area contributed by atoms with Gasteiger partial charge in [-0.05, 0) is 17.7 Å². The molecule has 0 unspecified atom stereocenters. The minimum Gasteiger partial charge on any atom is -0.457 e. The molecule has 4 heteroatoms. The van der Waals surface area contributed by atoms with Gasteiger partial charge in [0.05, 0.1) is 0 Å². The number of carbonyl (C=O) groups is 1. The SMILES string of the molecule is C=CCOC(=O)/C(C#N)=C\c1ccccc1Cl. The summed E-state index contributed by atoms with van der Waals surface area (Å²) in [4.78, 5) is 11.4. The lowest BCUT2D eigenvalue weighted by atomic mass is 10.1. The quantitative estimate of drug-likeness (QED) is 0.356. The number of ether oxygens (including phenoxy) is 1. The molecule has 0 saturated carbocycles. The molecular formula is C13H10ClNO2. The van der Waals surface area contributed by atoms with Crippen molar-refractivity contribution in [2.24, 2.45) is 0 Å². The lowest BCUT2D eigenvalue weighted by Crippen LogP contribution is -2.06. The smallest absolute Gasteiger partial charge is 0.349 e. The highest BCUT2D eigenvalue weighted by Crippen LogP contribution is 2.18. The van der Waals surface area contributed by atoms with E-state index in [1.807, 2.05) is 0 Å². The number of hydrogen-bond donors (Lipinski definition) is 0. The van der Waals surface area contributed by atoms with Crippen LogP contribution in [0.4, 0.5) is 0 Å². The monoisotopic (exact) mass is 247 g/mol. The van der Waals surface area contributed by atoms with E-state index in [1.54, 1.807) is 30.3 Å². The number of carbonyl (C=O) groups excluding carboxylic acids is 1. The highest BCUT2D eigenvalue weighted by molar-refractivity contribution is 6.32. The molecule has 0 aliphatic rings. The molecule has 17 heavy (non-hydrogen) atoms. The number of halogens is 1. The summed E-state index contributed by atoms with van der Waals surface area (Å²) in [5.74, 6) is -0.688. The standard InChI is InChI=1S/C13H10ClNO2/c1-2-7-17-13(16)11(9-15)8-10-5-3-4-6-12(10)14/h2-6,8H,1,7H2/b11-8-. The largest absolute Gasteiger partial charge is 0.457 e. The summed E-state index contributed by atoms with van der Waals surface area (Å²) in [7, 11) is 0. The van der Waals surface area contributed by atoms with E-state index in [-0.39, 0.29) is 12.2 Å². The molecule has 1 rings (SSSR count). The molecule has 0 aliphatic carbocycles. The van der Waals surface area contributed by atoms with E-state index < -0.39 is 5.97 Å². The van der Waals surface area contributed by atoms with Crippen molar-refractivity contribution in [3.05, 3.63) is 53.1 Å². The van der Waals surface area contributed by atoms with Crippen LogP contribution in [0.15, 0.2) is 42.5 Å². The number of esters is 1. The molecule has 0 aromatic heterocycles. The summed E-state index contributed by atoms with van der Waals surface area (Å²) in [6.45, 7) is 3.49. The first-order valence-corrected chi connectivity index (χ1v) is 5.21. The highest BCUT2D eigenvalue weighted by atomic mass is 35.5. The highest BCUT2D eigenvalue weighted by Gasteiger charge is 2.10. The second-order valence-corrected chi connectivity index (χ2v) is 3.49. The van der Waals surface area contributed by atoms with Gasteiger partial charge in [-0.3, -0.25) is 0 Å². The fourth-order valence-corrected chi connectivity index (χ4v) is 1.29. The van der Waals surface area contributed by atoms with Gasteiger partial charge in [-0.25, -0.2) is 4.79 Å². The average molecular weight is 248 g/mol. The van der Waals surface area contributed by atoms with E-state index in [2.05, 4.69) is 6.58 Å². The van der Waals surface area contributed by atoms with Crippen LogP contribution in [0, 0.1) is 11.3 Å². The fraction of sp³-hybridized carbons (Fsp3) is 0.0769. The average Bonchev–Trinajstić information content (AvgIpc) is 2.35. The Bertz CT molecular complexity index is 500. The summed E-state index contributed by atoms with van der Waals surface area (Å²) in [5, 5.41) is 9.33. The Morgan fingerprint density at radius 3 is 2.82 bits per heavy atom. The second-order valence-electron chi connectivity index (χ2n) is 3.08. The van der Waals surface area contributed by atoms with Crippen molar-refractivity contribution in [3.8, 4) is 6.07 Å². The fourth-order valence-electron chi connectivity index (χ4n) is 1.10. The Morgan fingerprint density at radius 1 is 1.53 bits per heavy atom. The maximum Gasteiger partial charge on any atom is 0.349 e. The summed E-state index contributed by atoms with van der Waals surface area (Å²) < 4.78 is 4.77. The normalized spacial score (nSPS) is 10.5. The minimum atomic E-state index is -0.688. The van der Waals surface area contributed by atoms with Gasteiger partial charge in [-0.2, -0.15) is 5.26 Å². The topological polar surface area (TPSA) is 50.1 Å². The summed E-state index contributed by atoms with van der Waals surface area (Å²) >= 11 is 5.91. The van der Waals surface area contributed by atoms with Gasteiger partial charge < -0.3 is 4.74 Å². The zero-order chi connectivity index (χ0) is 12.7. The summed E-state index contributed by atoms with van der Waals surface area (Å²) in [6.07, 6.45) is 2.83. The molecule has 0 spiro atoms. The lowest BCUT2D eigenvalue weighted by molar-refractivity contribution is -0.137. The van der Waals surface area contributed by atoms with Crippen LogP contribution in [0.1, 0.15) is 5.56 Å². The van der Waals surface area contributed by atoms with Crippen LogP contribution in [0.3, 0.4) is 0 Å². The van der Waals surface area contributed by atoms with Gasteiger partial charge in [0.2, 0.25) is 0 Å². The zero-order valence-corrected chi connectivity index (χ0v) is 9.78. The molecule has 0 bridgehead atoms. The van der Waals surface area contributed by atoms with Gasteiger partial charge in [0.1, 0.15) is 18.2 Å². The van der Waals surface area contributed by atoms with Crippen molar-refractivity contribution >= 4 is 23.6 Å². The first-order chi connectivity index (χ1) is 8.19. The van der Waals surface area contributed by atoms with Crippen LogP contribution < -0.4 is 0 Å². The van der Waals surface area contributed by atoms with Crippen LogP contribution in [0.2, 0.25) is 5.02 Å². The number of rotatable bonds is 4. The molecule has 0 atom stereocenters. The van der Waals surface area contributed by atoms with Gasteiger partial charge in [-0.1, -0.05) is 42.5 Å². The Labute approximate surface area is 105 Å². The third-order valence-electron chi connectivity index (χ3n) is 1.88. The molecule has 0 N–H and O–H groups in total. The van der Waals surface area contributed by atoms with Crippen molar-refractivity contribution < 1.29 is 9.53 Å². The number of benzene rings is 1. The molecular weight excluding hydrogens is 238 g/mol. The lowest BCUT2D eigenvalue weighted by Gasteiger charge is -2.01. The van der Waals surface area contributed by atoms with Gasteiger partial charge in [0.15, 0.2) is 0 Å². The van der Waals surface area contributed by atoms with Crippen molar-refractivity contribution in [1.29, 1.82) is 5.26 Å². The minimum absolute atomic E-state index is 0.0698. The van der Waals surface area contributed by atoms with E-state index in [0.29, 0.717) is 10.6 Å². The molecule has 0 heterocycles. The zero-order valence-electron chi connectivity index (χ0n) is 9.02. The summed E-state index contributed by atoms with van der Waals surface area (Å²) in [5.41, 5.74) is 0.501. The van der Waals surface area contributed by atoms with Crippen molar-refractivity contribution in [2.45, 2.75) is 0 Å². The van der Waals surface area contributed by atoms with Gasteiger partial charge in [0, 0.05) is 5.02 Å². The van der Waals surface area contributed by atoms with E-state index in [0.717, 1.165) is 0 Å². The van der Waals surface area contributed by atoms with Crippen molar-refractivity contribution in [2.75, 3.05) is 6.61 Å². The van der Waals surface area contributed by atoms with Crippen molar-refractivity contribution in [3.63, 3.8) is 0 Å². The molecule has 0 fully saturated rings. The van der Waals surface area contributed by atoms with Crippen LogP contribution >= 0.6 is 11.6 Å². The van der Waals surface area contributed by atoms with Crippen LogP contribution in [0.5, 0.6) is 0 Å². The molecule has 0 aliphatic heterocycles. The Kier molecular flexibility index (Phi) is 4.99. The molecule has 0 saturated heterocycles. The number of hydrogen-bond acceptors (Lipinski definition) is 3. The van der Waals surface area contributed by atoms with Crippen LogP contribution in [0.25, 0.3) is 6.08 Å². The van der Waals surface area contributed by atoms with Crippen molar-refractivity contribution in [1.82, 2.24) is 0 Å². The third kappa shape index (κ3) is 3.78. The van der Waals surface area contributed by atoms with Crippen LogP contribution in [-0.4, -0.2) is 12.6 Å². The van der Waals surface area contributed by atoms with E-state index in [1.165, 1.54) is 12.2 Å². The Hall–Kier alpha value is -2.05. The number of nitriles is 1. The maximum absolute atomic E-state index is 11.4. The second kappa shape index (κ2) is 6.51. The van der Waals surface area contributed by atoms with E-state index in [9.17, 15) is 4.79 Å². The Morgan fingerprint density at radius 2 is 2.24 bits per heavy atom. The van der Waals surface area contributed by atoms with Crippen LogP contribution in [-0.2, 0) is 9.53 Å². The molecule has 86 valence electrons. The molecule has 1 aromatic rings. The number of nitrogens with zero attached hydrogens (tertiary/aromatic N) is 1. The molecule has 0 amide bonds. The maximum atomic E-state index is 11.4. The molecule has 1 aromatic carbocycles. The first-order valence-electron chi connectivity index (χ1n) is 4.83. The predicted molar refractivity (Wildman–Crippen MR) is 66.2 cm³/mol. The first kappa shape index (κ1) is 13.0. The van der Waals surface area contributed by atoms with E-state index in [4.69, 9.17) is 21.6 Å². The molecule has 0 radical (unpaired) electrons. The summed E-state index contributed by atoms with van der Waals surface area (Å²) in [6, 6.07) is 8.70. The van der Waals surface area contributed by atoms with E-state index >= 15 is 0 Å². The third-order valence-corrected chi connectivity index (χ3v) is 2.22. The van der Waals surface area contributed by atoms with Gasteiger partial charge in [-0.15, -0.1) is 0 Å². The predicted octanol–water partition coefficient (Wildman–Crippen LogP) is 2.98. The molecule has 3 nitrogen and oxygen atoms in total.